The summed E-state index contributed by atoms with van der Waals surface area (Å²) in [5.41, 5.74) is -1.18. The van der Waals surface area contributed by atoms with E-state index in [0.717, 1.165) is 0 Å². The molecule has 0 radical (unpaired) electrons. The molecule has 0 spiro atoms. The van der Waals surface area contributed by atoms with Crippen LogP contribution in [0, 0.1) is 33.5 Å². The monoisotopic (exact) mass is 106 g/mol. The highest BCUT2D eigenvalue weighted by Gasteiger charge is 1.98. The molecule has 2 N–H and O–H groups in total. The van der Waals surface area contributed by atoms with Gasteiger partial charge in [0.25, 0.3) is 0 Å². The smallest absolute Gasteiger partial charge is 0.168 e. The number of nitriles is 2. The fourth-order valence-electron chi connectivity index (χ4n) is 0.112. The normalized spacial score (nSPS) is 6.25. The van der Waals surface area contributed by atoms with E-state index in [1.54, 1.807) is 0 Å². The summed E-state index contributed by atoms with van der Waals surface area (Å²) in [5.74, 6) is 0. The zero-order valence-electron chi connectivity index (χ0n) is 3.89. The van der Waals surface area contributed by atoms with Crippen molar-refractivity contribution in [3.8, 4) is 12.1 Å². The Bertz CT molecular complexity index is 177. The molecule has 0 aromatic carbocycles. The van der Waals surface area contributed by atoms with E-state index in [4.69, 9.17) is 21.3 Å². The molecule has 0 heterocycles. The van der Waals surface area contributed by atoms with Crippen molar-refractivity contribution in [2.24, 2.45) is 0 Å². The second kappa shape index (κ2) is 2.49. The van der Waals surface area contributed by atoms with Gasteiger partial charge in [0.1, 0.15) is 12.1 Å². The van der Waals surface area contributed by atoms with Gasteiger partial charge in [-0.15, -0.1) is 0 Å². The molecule has 0 rings (SSSR count). The van der Waals surface area contributed by atoms with Crippen LogP contribution in [-0.2, 0) is 0 Å². The summed E-state index contributed by atoms with van der Waals surface area (Å²) in [6, 6.07) is 2.70. The summed E-state index contributed by atoms with van der Waals surface area (Å²) in [6.45, 7) is 0. The minimum absolute atomic E-state index is 0.590. The zero-order chi connectivity index (χ0) is 6.57. The topological polar surface area (TPSA) is 95.3 Å². The minimum Gasteiger partial charge on any atom is -0.288 e. The van der Waals surface area contributed by atoms with E-state index in [-0.39, 0.29) is 0 Å². The van der Waals surface area contributed by atoms with E-state index < -0.39 is 11.4 Å². The minimum atomic E-state index is -0.590. The Morgan fingerprint density at radius 2 is 1.25 bits per heavy atom. The Morgan fingerprint density at radius 3 is 1.38 bits per heavy atom. The standard InChI is InChI=1S/C4H2N4/c5-1-3(7)4(8)2-6/h7-8H. The highest BCUT2D eigenvalue weighted by molar-refractivity contribution is 6.51. The average Bonchev–Trinajstić information content (AvgIpc) is 1.84. The molecule has 0 bridgehead atoms. The van der Waals surface area contributed by atoms with Gasteiger partial charge in [-0.1, -0.05) is 0 Å². The molecule has 4 nitrogen and oxygen atoms in total. The Balaban J connectivity index is 4.16. The van der Waals surface area contributed by atoms with Gasteiger partial charge in [-0.25, -0.2) is 0 Å². The molecular weight excluding hydrogens is 104 g/mol. The molecule has 0 saturated heterocycles. The SMILES string of the molecule is N#CC(=N)C(=N)C#N. The van der Waals surface area contributed by atoms with Crippen LogP contribution in [0.25, 0.3) is 0 Å². The lowest BCUT2D eigenvalue weighted by atomic mass is 10.3. The van der Waals surface area contributed by atoms with E-state index >= 15 is 0 Å². The van der Waals surface area contributed by atoms with Crippen LogP contribution < -0.4 is 0 Å². The molecule has 0 atom stereocenters. The van der Waals surface area contributed by atoms with Gasteiger partial charge in [0.15, 0.2) is 11.4 Å². The van der Waals surface area contributed by atoms with Crippen molar-refractivity contribution in [3.63, 3.8) is 0 Å². The third-order valence-electron chi connectivity index (χ3n) is 0.474. The lowest BCUT2D eigenvalue weighted by molar-refractivity contribution is 1.46. The van der Waals surface area contributed by atoms with E-state index in [9.17, 15) is 0 Å². The van der Waals surface area contributed by atoms with Gasteiger partial charge in [0.2, 0.25) is 0 Å². The number of hydrogen-bond donors (Lipinski definition) is 2. The molecular formula is C4H2N4. The molecule has 0 saturated carbocycles. The van der Waals surface area contributed by atoms with Crippen molar-refractivity contribution in [2.45, 2.75) is 0 Å². The van der Waals surface area contributed by atoms with Crippen LogP contribution in [0.4, 0.5) is 0 Å². The third-order valence-corrected chi connectivity index (χ3v) is 0.474. The molecule has 0 aromatic heterocycles. The second-order valence-electron chi connectivity index (χ2n) is 0.974. The zero-order valence-corrected chi connectivity index (χ0v) is 3.89. The van der Waals surface area contributed by atoms with Crippen LogP contribution in [-0.4, -0.2) is 11.4 Å². The van der Waals surface area contributed by atoms with E-state index in [1.807, 2.05) is 0 Å². The van der Waals surface area contributed by atoms with Gasteiger partial charge in [-0.3, -0.25) is 10.8 Å². The van der Waals surface area contributed by atoms with Crippen molar-refractivity contribution < 1.29 is 0 Å². The highest BCUT2D eigenvalue weighted by Crippen LogP contribution is 1.70. The Labute approximate surface area is 46.0 Å². The molecule has 4 heteroatoms. The molecule has 38 valence electrons. The first kappa shape index (κ1) is 6.32. The van der Waals surface area contributed by atoms with Gasteiger partial charge < -0.3 is 0 Å². The first-order chi connectivity index (χ1) is 3.72. The Hall–Kier alpha value is -1.68. The van der Waals surface area contributed by atoms with Crippen LogP contribution in [0.3, 0.4) is 0 Å². The summed E-state index contributed by atoms with van der Waals surface area (Å²) in [5, 5.41) is 28.8. The first-order valence-corrected chi connectivity index (χ1v) is 1.70. The van der Waals surface area contributed by atoms with Crippen LogP contribution in [0.15, 0.2) is 0 Å². The molecule has 0 aliphatic carbocycles. The van der Waals surface area contributed by atoms with Gasteiger partial charge in [-0.05, 0) is 0 Å². The summed E-state index contributed by atoms with van der Waals surface area (Å²) in [4.78, 5) is 0. The summed E-state index contributed by atoms with van der Waals surface area (Å²) in [6.07, 6.45) is 0. The van der Waals surface area contributed by atoms with Gasteiger partial charge >= 0.3 is 0 Å². The third kappa shape index (κ3) is 1.19. The van der Waals surface area contributed by atoms with Crippen LogP contribution in [0.5, 0.6) is 0 Å². The van der Waals surface area contributed by atoms with Crippen molar-refractivity contribution >= 4 is 11.4 Å². The largest absolute Gasteiger partial charge is 0.288 e. The maximum atomic E-state index is 7.87. The molecule has 0 aliphatic heterocycles. The molecule has 0 unspecified atom stereocenters. The number of nitrogens with one attached hydrogen (secondary N) is 2. The molecule has 0 amide bonds. The summed E-state index contributed by atoms with van der Waals surface area (Å²) < 4.78 is 0. The molecule has 0 aromatic rings. The second-order valence-corrected chi connectivity index (χ2v) is 0.974. The van der Waals surface area contributed by atoms with Crippen LogP contribution >= 0.6 is 0 Å². The number of rotatable bonds is 1. The molecule has 0 fully saturated rings. The van der Waals surface area contributed by atoms with Gasteiger partial charge in [0, 0.05) is 0 Å². The summed E-state index contributed by atoms with van der Waals surface area (Å²) in [7, 11) is 0. The Morgan fingerprint density at radius 1 is 1.00 bits per heavy atom. The van der Waals surface area contributed by atoms with Crippen molar-refractivity contribution in [2.75, 3.05) is 0 Å². The fourth-order valence-corrected chi connectivity index (χ4v) is 0.112. The first-order valence-electron chi connectivity index (χ1n) is 1.70. The van der Waals surface area contributed by atoms with Gasteiger partial charge in [-0.2, -0.15) is 10.5 Å². The molecule has 0 aliphatic rings. The number of hydrogen-bond acceptors (Lipinski definition) is 4. The van der Waals surface area contributed by atoms with E-state index in [2.05, 4.69) is 0 Å². The van der Waals surface area contributed by atoms with E-state index in [1.165, 1.54) is 12.1 Å². The van der Waals surface area contributed by atoms with Crippen molar-refractivity contribution in [3.05, 3.63) is 0 Å². The van der Waals surface area contributed by atoms with E-state index in [0.29, 0.717) is 0 Å². The van der Waals surface area contributed by atoms with Crippen molar-refractivity contribution in [1.29, 1.82) is 21.3 Å². The predicted molar refractivity (Wildman–Crippen MR) is 26.7 cm³/mol. The quantitative estimate of drug-likeness (QED) is 0.462. The maximum Gasteiger partial charge on any atom is 0.168 e. The Kier molecular flexibility index (Phi) is 1.96. The lowest BCUT2D eigenvalue weighted by Crippen LogP contribution is -2.04. The fraction of sp³-hybridized carbons (Fsp3) is 0. The average molecular weight is 106 g/mol. The highest BCUT2D eigenvalue weighted by atomic mass is 14.5. The van der Waals surface area contributed by atoms with Crippen molar-refractivity contribution in [1.82, 2.24) is 0 Å². The van der Waals surface area contributed by atoms with Crippen LogP contribution in [0.2, 0.25) is 0 Å². The van der Waals surface area contributed by atoms with Crippen LogP contribution in [0.1, 0.15) is 0 Å². The maximum absolute atomic E-state index is 7.87. The number of nitrogens with zero attached hydrogens (tertiary/aromatic N) is 2. The summed E-state index contributed by atoms with van der Waals surface area (Å²) >= 11 is 0. The van der Waals surface area contributed by atoms with Gasteiger partial charge in [0.05, 0.1) is 0 Å². The molecule has 8 heavy (non-hydrogen) atoms. The lowest BCUT2D eigenvalue weighted by Gasteiger charge is -1.77. The predicted octanol–water partition coefficient (Wildman–Crippen LogP) is 0.0731.